The molecule has 0 aliphatic carbocycles. The maximum Gasteiger partial charge on any atom is 0.169 e. The molecule has 92 valence electrons. The van der Waals surface area contributed by atoms with Crippen LogP contribution >= 0.6 is 11.3 Å². The summed E-state index contributed by atoms with van der Waals surface area (Å²) in [7, 11) is 0. The Bertz CT molecular complexity index is 699. The summed E-state index contributed by atoms with van der Waals surface area (Å²) in [4.78, 5) is 4.60. The van der Waals surface area contributed by atoms with Gasteiger partial charge in [0.05, 0.1) is 15.2 Å². The van der Waals surface area contributed by atoms with Crippen LogP contribution in [-0.4, -0.2) is 10.1 Å². The minimum atomic E-state index is 0.400. The van der Waals surface area contributed by atoms with Crippen molar-refractivity contribution in [3.63, 3.8) is 0 Å². The number of anilines is 1. The fourth-order valence-corrected chi connectivity index (χ4v) is 2.78. The van der Waals surface area contributed by atoms with Crippen LogP contribution in [0, 0.1) is 0 Å². The first-order valence-corrected chi connectivity index (χ1v) is 6.58. The van der Waals surface area contributed by atoms with E-state index in [4.69, 9.17) is 10.3 Å². The third-order valence-corrected chi connectivity index (χ3v) is 4.03. The van der Waals surface area contributed by atoms with Crippen molar-refractivity contribution >= 4 is 27.4 Å². The Balaban J connectivity index is 2.10. The predicted octanol–water partition coefficient (Wildman–Crippen LogP) is 3.66. The van der Waals surface area contributed by atoms with Crippen LogP contribution in [0.15, 0.2) is 28.8 Å². The van der Waals surface area contributed by atoms with E-state index in [9.17, 15) is 0 Å². The largest absolute Gasteiger partial charge is 0.381 e. The van der Waals surface area contributed by atoms with Gasteiger partial charge in [-0.1, -0.05) is 19.0 Å². The first kappa shape index (κ1) is 11.2. The van der Waals surface area contributed by atoms with Crippen molar-refractivity contribution in [3.05, 3.63) is 29.3 Å². The first-order valence-electron chi connectivity index (χ1n) is 5.76. The van der Waals surface area contributed by atoms with E-state index >= 15 is 0 Å². The van der Waals surface area contributed by atoms with E-state index in [1.807, 2.05) is 12.1 Å². The molecule has 3 rings (SSSR count). The average Bonchev–Trinajstić information content (AvgIpc) is 2.93. The molecule has 0 spiro atoms. The lowest BCUT2D eigenvalue weighted by Crippen LogP contribution is -1.82. The Morgan fingerprint density at radius 1 is 1.28 bits per heavy atom. The number of nitrogens with two attached hydrogens (primary N) is 1. The molecule has 0 amide bonds. The zero-order valence-electron chi connectivity index (χ0n) is 10.2. The number of fused-ring (bicyclic) bond motifs is 1. The zero-order chi connectivity index (χ0) is 12.7. The van der Waals surface area contributed by atoms with Crippen molar-refractivity contribution in [2.75, 3.05) is 5.73 Å². The Morgan fingerprint density at radius 2 is 2.11 bits per heavy atom. The highest BCUT2D eigenvalue weighted by Gasteiger charge is 2.10. The Morgan fingerprint density at radius 3 is 2.78 bits per heavy atom. The van der Waals surface area contributed by atoms with Crippen LogP contribution in [0.5, 0.6) is 0 Å². The van der Waals surface area contributed by atoms with Gasteiger partial charge in [-0.15, -0.1) is 11.3 Å². The number of rotatable bonds is 2. The lowest BCUT2D eigenvalue weighted by molar-refractivity contribution is 0.436. The van der Waals surface area contributed by atoms with E-state index in [0.29, 0.717) is 17.5 Å². The van der Waals surface area contributed by atoms with Crippen molar-refractivity contribution in [1.82, 2.24) is 10.1 Å². The standard InChI is InChI=1S/C13H13N3OS/c1-7(2)13-15-9-4-3-8(5-11(9)18-13)10-6-12(14)16-17-10/h3-7H,1-2H3,(H2,14,16). The monoisotopic (exact) mass is 259 g/mol. The van der Waals surface area contributed by atoms with Gasteiger partial charge in [0.2, 0.25) is 0 Å². The molecule has 3 aromatic rings. The van der Waals surface area contributed by atoms with Gasteiger partial charge < -0.3 is 10.3 Å². The minimum Gasteiger partial charge on any atom is -0.381 e. The van der Waals surface area contributed by atoms with Crippen molar-refractivity contribution in [2.45, 2.75) is 19.8 Å². The maximum atomic E-state index is 5.56. The molecule has 0 bridgehead atoms. The second-order valence-corrected chi connectivity index (χ2v) is 5.57. The normalized spacial score (nSPS) is 11.5. The van der Waals surface area contributed by atoms with E-state index < -0.39 is 0 Å². The van der Waals surface area contributed by atoms with Crippen molar-refractivity contribution in [2.24, 2.45) is 0 Å². The number of nitrogen functional groups attached to an aromatic ring is 1. The molecule has 0 radical (unpaired) electrons. The number of benzene rings is 1. The average molecular weight is 259 g/mol. The molecule has 0 aliphatic rings. The fourth-order valence-electron chi connectivity index (χ4n) is 1.77. The maximum absolute atomic E-state index is 5.56. The molecule has 4 nitrogen and oxygen atoms in total. The zero-order valence-corrected chi connectivity index (χ0v) is 11.0. The smallest absolute Gasteiger partial charge is 0.169 e. The third-order valence-electron chi connectivity index (χ3n) is 2.71. The molecule has 2 N–H and O–H groups in total. The van der Waals surface area contributed by atoms with Crippen LogP contribution in [-0.2, 0) is 0 Å². The number of nitrogens with zero attached hydrogens (tertiary/aromatic N) is 2. The van der Waals surface area contributed by atoms with Crippen molar-refractivity contribution in [3.8, 4) is 11.3 Å². The second kappa shape index (κ2) is 4.10. The molecule has 0 atom stereocenters. The molecule has 0 fully saturated rings. The van der Waals surface area contributed by atoms with Crippen molar-refractivity contribution < 1.29 is 4.52 Å². The summed E-state index contributed by atoms with van der Waals surface area (Å²) < 4.78 is 6.32. The molecule has 18 heavy (non-hydrogen) atoms. The van der Waals surface area contributed by atoms with Gasteiger partial charge in [-0.2, -0.15) is 0 Å². The summed E-state index contributed by atoms with van der Waals surface area (Å²) in [5, 5.41) is 4.85. The molecule has 2 aromatic heterocycles. The molecular formula is C13H13N3OS. The van der Waals surface area contributed by atoms with Gasteiger partial charge in [0.25, 0.3) is 0 Å². The van der Waals surface area contributed by atoms with Gasteiger partial charge >= 0.3 is 0 Å². The molecular weight excluding hydrogens is 246 g/mol. The Hall–Kier alpha value is -1.88. The molecule has 0 unspecified atom stereocenters. The van der Waals surface area contributed by atoms with Gasteiger partial charge in [-0.25, -0.2) is 4.98 Å². The van der Waals surface area contributed by atoms with Crippen molar-refractivity contribution in [1.29, 1.82) is 0 Å². The first-order chi connectivity index (χ1) is 8.63. The van der Waals surface area contributed by atoms with E-state index in [1.165, 1.54) is 0 Å². The Labute approximate surface area is 108 Å². The van der Waals surface area contributed by atoms with E-state index in [2.05, 4.69) is 30.1 Å². The van der Waals surface area contributed by atoms with Crippen LogP contribution in [0.3, 0.4) is 0 Å². The van der Waals surface area contributed by atoms with Gasteiger partial charge in [0.15, 0.2) is 11.6 Å². The van der Waals surface area contributed by atoms with E-state index in [0.717, 1.165) is 20.8 Å². The van der Waals surface area contributed by atoms with Crippen LogP contribution in [0.25, 0.3) is 21.5 Å². The summed E-state index contributed by atoms with van der Waals surface area (Å²) >= 11 is 1.72. The molecule has 1 aromatic carbocycles. The van der Waals surface area contributed by atoms with Crippen LogP contribution < -0.4 is 5.73 Å². The second-order valence-electron chi connectivity index (χ2n) is 4.51. The van der Waals surface area contributed by atoms with E-state index in [1.54, 1.807) is 17.4 Å². The SMILES string of the molecule is CC(C)c1nc2ccc(-c3cc(N)no3)cc2s1. The quantitative estimate of drug-likeness (QED) is 0.762. The summed E-state index contributed by atoms with van der Waals surface area (Å²) in [6, 6.07) is 7.78. The molecule has 5 heteroatoms. The third kappa shape index (κ3) is 1.86. The van der Waals surface area contributed by atoms with Crippen LogP contribution in [0.1, 0.15) is 24.8 Å². The number of hydrogen-bond donors (Lipinski definition) is 1. The highest BCUT2D eigenvalue weighted by molar-refractivity contribution is 7.18. The molecule has 0 aliphatic heterocycles. The van der Waals surface area contributed by atoms with Crippen LogP contribution in [0.2, 0.25) is 0 Å². The molecule has 2 heterocycles. The number of aromatic nitrogens is 2. The van der Waals surface area contributed by atoms with E-state index in [-0.39, 0.29) is 0 Å². The predicted molar refractivity (Wildman–Crippen MR) is 73.6 cm³/mol. The number of hydrogen-bond acceptors (Lipinski definition) is 5. The molecule has 0 saturated heterocycles. The highest BCUT2D eigenvalue weighted by atomic mass is 32.1. The minimum absolute atomic E-state index is 0.400. The van der Waals surface area contributed by atoms with Gasteiger partial charge in [0, 0.05) is 17.5 Å². The Kier molecular flexibility index (Phi) is 2.56. The summed E-state index contributed by atoms with van der Waals surface area (Å²) in [5.74, 6) is 1.54. The van der Waals surface area contributed by atoms with Crippen LogP contribution in [0.4, 0.5) is 5.82 Å². The van der Waals surface area contributed by atoms with Gasteiger partial charge in [0.1, 0.15) is 0 Å². The topological polar surface area (TPSA) is 64.9 Å². The fraction of sp³-hybridized carbons (Fsp3) is 0.231. The summed E-state index contributed by atoms with van der Waals surface area (Å²) in [6.07, 6.45) is 0. The lowest BCUT2D eigenvalue weighted by Gasteiger charge is -1.94. The highest BCUT2D eigenvalue weighted by Crippen LogP contribution is 2.31. The van der Waals surface area contributed by atoms with Gasteiger partial charge in [-0.3, -0.25) is 0 Å². The summed E-state index contributed by atoms with van der Waals surface area (Å²) in [6.45, 7) is 4.30. The molecule has 0 saturated carbocycles. The van der Waals surface area contributed by atoms with Gasteiger partial charge in [-0.05, 0) is 18.2 Å². The number of thiazole rings is 1. The lowest BCUT2D eigenvalue weighted by atomic mass is 10.1. The summed E-state index contributed by atoms with van der Waals surface area (Å²) in [5.41, 5.74) is 7.56.